The van der Waals surface area contributed by atoms with Gasteiger partial charge in [0.15, 0.2) is 15.5 Å². The molecule has 2 aromatic heterocycles. The van der Waals surface area contributed by atoms with Crippen LogP contribution in [-0.2, 0) is 9.84 Å². The molecule has 0 fully saturated rings. The number of hydrogen-bond acceptors (Lipinski definition) is 6. The van der Waals surface area contributed by atoms with E-state index in [0.717, 1.165) is 17.5 Å². The maximum atomic E-state index is 13.0. The number of carbonyl (C=O) groups is 1. The van der Waals surface area contributed by atoms with Gasteiger partial charge in [-0.15, -0.1) is 0 Å². The van der Waals surface area contributed by atoms with Crippen LogP contribution in [0.1, 0.15) is 16.8 Å². The van der Waals surface area contributed by atoms with Crippen molar-refractivity contribution in [3.8, 4) is 17.0 Å². The molecule has 0 radical (unpaired) electrons. The van der Waals surface area contributed by atoms with Gasteiger partial charge < -0.3 is 9.64 Å². The van der Waals surface area contributed by atoms with E-state index >= 15 is 0 Å². The zero-order valence-electron chi connectivity index (χ0n) is 18.4. The van der Waals surface area contributed by atoms with Gasteiger partial charge in [0, 0.05) is 31.6 Å². The number of fused-ring (bicyclic) bond motifs is 1. The summed E-state index contributed by atoms with van der Waals surface area (Å²) in [5.41, 5.74) is 2.77. The van der Waals surface area contributed by atoms with Gasteiger partial charge in [-0.25, -0.2) is 17.9 Å². The molecule has 1 amide bonds. The van der Waals surface area contributed by atoms with Crippen LogP contribution >= 0.6 is 0 Å². The van der Waals surface area contributed by atoms with Crippen molar-refractivity contribution in [2.24, 2.45) is 0 Å². The van der Waals surface area contributed by atoms with E-state index in [1.54, 1.807) is 41.0 Å². The molecule has 0 saturated carbocycles. The number of ether oxygens (including phenoxy) is 1. The molecular formula is C24H24N4O4S. The molecule has 2 aromatic carbocycles. The second-order valence-corrected chi connectivity index (χ2v) is 9.68. The molecule has 170 valence electrons. The van der Waals surface area contributed by atoms with Crippen molar-refractivity contribution in [1.82, 2.24) is 19.5 Å². The molecule has 0 bridgehead atoms. The first kappa shape index (κ1) is 22.5. The van der Waals surface area contributed by atoms with Gasteiger partial charge in [0.05, 0.1) is 23.4 Å². The molecule has 8 nitrogen and oxygen atoms in total. The van der Waals surface area contributed by atoms with Crippen molar-refractivity contribution in [3.63, 3.8) is 0 Å². The maximum Gasteiger partial charge on any atom is 0.259 e. The summed E-state index contributed by atoms with van der Waals surface area (Å²) < 4.78 is 30.7. The number of hydrogen-bond donors (Lipinski definition) is 0. The highest BCUT2D eigenvalue weighted by atomic mass is 32.2. The van der Waals surface area contributed by atoms with E-state index < -0.39 is 9.84 Å². The van der Waals surface area contributed by atoms with Gasteiger partial charge in [0.1, 0.15) is 11.3 Å². The molecule has 33 heavy (non-hydrogen) atoms. The van der Waals surface area contributed by atoms with Gasteiger partial charge in [-0.3, -0.25) is 4.79 Å². The zero-order chi connectivity index (χ0) is 23.4. The highest BCUT2D eigenvalue weighted by molar-refractivity contribution is 7.90. The molecule has 2 heterocycles. The first-order chi connectivity index (χ1) is 15.8. The predicted octanol–water partition coefficient (Wildman–Crippen LogP) is 3.34. The number of amides is 1. The van der Waals surface area contributed by atoms with Crippen LogP contribution in [0.5, 0.6) is 5.75 Å². The molecule has 0 aliphatic heterocycles. The summed E-state index contributed by atoms with van der Waals surface area (Å²) in [6.45, 7) is 0.802. The van der Waals surface area contributed by atoms with Crippen LogP contribution in [0, 0.1) is 0 Å². The number of benzene rings is 2. The van der Waals surface area contributed by atoms with Gasteiger partial charge in [-0.05, 0) is 30.7 Å². The SMILES string of the molecule is CN(CCCOc1cccc(S(C)(=O)=O)c1)C(=O)c1cnn2c(-c3ccccc3)ccnc12. The molecule has 0 atom stereocenters. The van der Waals surface area contributed by atoms with Crippen LogP contribution in [0.4, 0.5) is 0 Å². The molecule has 0 unspecified atom stereocenters. The number of sulfone groups is 1. The van der Waals surface area contributed by atoms with Gasteiger partial charge in [-0.2, -0.15) is 5.10 Å². The lowest BCUT2D eigenvalue weighted by Crippen LogP contribution is -2.28. The highest BCUT2D eigenvalue weighted by Crippen LogP contribution is 2.21. The van der Waals surface area contributed by atoms with Crippen molar-refractivity contribution in [2.45, 2.75) is 11.3 Å². The minimum absolute atomic E-state index is 0.179. The fourth-order valence-electron chi connectivity index (χ4n) is 3.46. The average Bonchev–Trinajstić information content (AvgIpc) is 3.25. The Balaban J connectivity index is 1.40. The van der Waals surface area contributed by atoms with Crippen LogP contribution in [0.25, 0.3) is 16.9 Å². The Morgan fingerprint density at radius 2 is 1.88 bits per heavy atom. The molecular weight excluding hydrogens is 440 g/mol. The average molecular weight is 465 g/mol. The summed E-state index contributed by atoms with van der Waals surface area (Å²) in [7, 11) is -1.57. The molecule has 0 spiro atoms. The van der Waals surface area contributed by atoms with E-state index in [9.17, 15) is 13.2 Å². The maximum absolute atomic E-state index is 13.0. The number of rotatable bonds is 8. The minimum Gasteiger partial charge on any atom is -0.493 e. The number of aromatic nitrogens is 3. The van der Waals surface area contributed by atoms with Crippen molar-refractivity contribution in [1.29, 1.82) is 0 Å². The van der Waals surface area contributed by atoms with Gasteiger partial charge >= 0.3 is 0 Å². The lowest BCUT2D eigenvalue weighted by atomic mass is 10.1. The largest absolute Gasteiger partial charge is 0.493 e. The lowest BCUT2D eigenvalue weighted by Gasteiger charge is -2.16. The van der Waals surface area contributed by atoms with E-state index in [1.807, 2.05) is 36.4 Å². The molecule has 0 N–H and O–H groups in total. The third kappa shape index (κ3) is 5.04. The Morgan fingerprint density at radius 1 is 1.09 bits per heavy atom. The van der Waals surface area contributed by atoms with Crippen LogP contribution in [0.2, 0.25) is 0 Å². The highest BCUT2D eigenvalue weighted by Gasteiger charge is 2.19. The zero-order valence-corrected chi connectivity index (χ0v) is 19.2. The minimum atomic E-state index is -3.29. The van der Waals surface area contributed by atoms with E-state index in [0.29, 0.717) is 36.5 Å². The quantitative estimate of drug-likeness (QED) is 0.371. The van der Waals surface area contributed by atoms with Crippen molar-refractivity contribution < 1.29 is 17.9 Å². The molecule has 0 saturated heterocycles. The van der Waals surface area contributed by atoms with Gasteiger partial charge in [-0.1, -0.05) is 36.4 Å². The van der Waals surface area contributed by atoms with E-state index in [1.165, 1.54) is 12.1 Å². The second-order valence-electron chi connectivity index (χ2n) is 7.67. The molecule has 4 rings (SSSR count). The first-order valence-corrected chi connectivity index (χ1v) is 12.3. The monoisotopic (exact) mass is 464 g/mol. The third-order valence-electron chi connectivity index (χ3n) is 5.19. The topological polar surface area (TPSA) is 93.9 Å². The normalized spacial score (nSPS) is 11.5. The fraction of sp³-hybridized carbons (Fsp3) is 0.208. The van der Waals surface area contributed by atoms with Crippen molar-refractivity contribution in [3.05, 3.63) is 78.6 Å². The van der Waals surface area contributed by atoms with Crippen molar-refractivity contribution >= 4 is 21.4 Å². The van der Waals surface area contributed by atoms with E-state index in [4.69, 9.17) is 4.74 Å². The third-order valence-corrected chi connectivity index (χ3v) is 6.30. The Labute approximate surface area is 192 Å². The summed E-state index contributed by atoms with van der Waals surface area (Å²) in [6.07, 6.45) is 4.95. The molecule has 0 aliphatic rings. The summed E-state index contributed by atoms with van der Waals surface area (Å²) in [5.74, 6) is 0.300. The molecule has 9 heteroatoms. The van der Waals surface area contributed by atoms with E-state index in [-0.39, 0.29) is 10.8 Å². The van der Waals surface area contributed by atoms with Crippen molar-refractivity contribution in [2.75, 3.05) is 26.5 Å². The Hall–Kier alpha value is -3.72. The second kappa shape index (κ2) is 9.41. The summed E-state index contributed by atoms with van der Waals surface area (Å²) >= 11 is 0. The Morgan fingerprint density at radius 3 is 2.64 bits per heavy atom. The molecule has 0 aliphatic carbocycles. The van der Waals surface area contributed by atoms with Crippen LogP contribution in [0.15, 0.2) is 78.0 Å². The summed E-state index contributed by atoms with van der Waals surface area (Å²) in [5, 5.41) is 4.40. The lowest BCUT2D eigenvalue weighted by molar-refractivity contribution is 0.0789. The van der Waals surface area contributed by atoms with Gasteiger partial charge in [0.2, 0.25) is 0 Å². The number of carbonyl (C=O) groups excluding carboxylic acids is 1. The number of nitrogens with zero attached hydrogens (tertiary/aromatic N) is 4. The van der Waals surface area contributed by atoms with Crippen LogP contribution in [0.3, 0.4) is 0 Å². The standard InChI is InChI=1S/C24H24N4O4S/c1-27(14-7-15-32-19-10-6-11-20(16-19)33(2,30)31)24(29)21-17-26-28-22(12-13-25-23(21)28)18-8-4-3-5-9-18/h3-6,8-13,16-17H,7,14-15H2,1-2H3. The van der Waals surface area contributed by atoms with Crippen LogP contribution in [-0.4, -0.2) is 60.3 Å². The first-order valence-electron chi connectivity index (χ1n) is 10.4. The predicted molar refractivity (Wildman–Crippen MR) is 125 cm³/mol. The van der Waals surface area contributed by atoms with Crippen LogP contribution < -0.4 is 4.74 Å². The molecule has 4 aromatic rings. The Bertz CT molecular complexity index is 1380. The smallest absolute Gasteiger partial charge is 0.259 e. The van der Waals surface area contributed by atoms with Gasteiger partial charge in [0.25, 0.3) is 5.91 Å². The Kier molecular flexibility index (Phi) is 6.41. The summed E-state index contributed by atoms with van der Waals surface area (Å²) in [6, 6.07) is 18.0. The fourth-order valence-corrected chi connectivity index (χ4v) is 4.12. The summed E-state index contributed by atoms with van der Waals surface area (Å²) in [4.78, 5) is 19.2. The van der Waals surface area contributed by atoms with E-state index in [2.05, 4.69) is 10.1 Å².